The van der Waals surface area contributed by atoms with Crippen LogP contribution in [-0.4, -0.2) is 37.2 Å². The van der Waals surface area contributed by atoms with Gasteiger partial charge in [-0.1, -0.05) is 29.8 Å². The number of rotatable bonds is 9. The molecular formula is C29H30ClN3O6S. The molecule has 2 amide bonds. The molecule has 0 unspecified atom stereocenters. The summed E-state index contributed by atoms with van der Waals surface area (Å²) in [4.78, 5) is 38.9. The van der Waals surface area contributed by atoms with Gasteiger partial charge in [-0.15, -0.1) is 11.3 Å². The molecule has 0 saturated heterocycles. The van der Waals surface area contributed by atoms with E-state index in [1.807, 2.05) is 18.2 Å². The minimum absolute atomic E-state index is 0.213. The number of amides is 2. The number of halogens is 1. The molecule has 0 aliphatic heterocycles. The summed E-state index contributed by atoms with van der Waals surface area (Å²) in [6.07, 6.45) is 3.53. The Labute approximate surface area is 241 Å². The molecule has 0 spiro atoms. The molecule has 1 heterocycles. The topological polar surface area (TPSA) is 115 Å². The Hall–Kier alpha value is -3.89. The SMILES string of the molecule is CCOC(=O)c1c(NC(=O)C(=O)NN=C(C)c2ccc(OCc3ccccc3Cl)c(OC)c2)sc2c1CCCC2. The van der Waals surface area contributed by atoms with E-state index in [9.17, 15) is 14.4 Å². The van der Waals surface area contributed by atoms with Crippen molar-refractivity contribution >= 4 is 51.4 Å². The summed E-state index contributed by atoms with van der Waals surface area (Å²) < 4.78 is 16.6. The van der Waals surface area contributed by atoms with E-state index >= 15 is 0 Å². The highest BCUT2D eigenvalue weighted by Crippen LogP contribution is 2.38. The fourth-order valence-electron chi connectivity index (χ4n) is 4.27. The number of esters is 1. The molecule has 2 aromatic carbocycles. The number of nitrogens with zero attached hydrogens (tertiary/aromatic N) is 1. The van der Waals surface area contributed by atoms with E-state index in [1.165, 1.54) is 18.4 Å². The average Bonchev–Trinajstić information content (AvgIpc) is 3.33. The van der Waals surface area contributed by atoms with Crippen LogP contribution >= 0.6 is 22.9 Å². The molecule has 2 N–H and O–H groups in total. The number of carbonyl (C=O) groups is 3. The maximum Gasteiger partial charge on any atom is 0.341 e. The third-order valence-electron chi connectivity index (χ3n) is 6.33. The molecule has 11 heteroatoms. The number of hydrazone groups is 1. The lowest BCUT2D eigenvalue weighted by Gasteiger charge is -2.13. The fourth-order valence-corrected chi connectivity index (χ4v) is 5.73. The molecular weight excluding hydrogens is 554 g/mol. The van der Waals surface area contributed by atoms with Crippen molar-refractivity contribution in [1.29, 1.82) is 0 Å². The largest absolute Gasteiger partial charge is 0.493 e. The lowest BCUT2D eigenvalue weighted by atomic mass is 9.95. The van der Waals surface area contributed by atoms with Crippen molar-refractivity contribution in [2.24, 2.45) is 5.10 Å². The first-order chi connectivity index (χ1) is 19.3. The average molecular weight is 584 g/mol. The number of fused-ring (bicyclic) bond motifs is 1. The number of methoxy groups -OCH3 is 1. The number of carbonyl (C=O) groups excluding carboxylic acids is 3. The molecule has 9 nitrogen and oxygen atoms in total. The minimum Gasteiger partial charge on any atom is -0.493 e. The van der Waals surface area contributed by atoms with Gasteiger partial charge in [0.1, 0.15) is 11.6 Å². The Morgan fingerprint density at radius 2 is 1.82 bits per heavy atom. The van der Waals surface area contributed by atoms with Gasteiger partial charge in [0.25, 0.3) is 0 Å². The molecule has 210 valence electrons. The molecule has 3 aromatic rings. The molecule has 0 atom stereocenters. The van der Waals surface area contributed by atoms with Crippen molar-refractivity contribution in [2.45, 2.75) is 46.1 Å². The third kappa shape index (κ3) is 6.81. The van der Waals surface area contributed by atoms with Gasteiger partial charge in [-0.25, -0.2) is 10.2 Å². The summed E-state index contributed by atoms with van der Waals surface area (Å²) in [5.41, 5.74) is 5.45. The Balaban J connectivity index is 1.42. The zero-order valence-electron chi connectivity index (χ0n) is 22.5. The second-order valence-corrected chi connectivity index (χ2v) is 10.5. The van der Waals surface area contributed by atoms with Crippen molar-refractivity contribution in [1.82, 2.24) is 5.43 Å². The standard InChI is InChI=1S/C29H30ClN3O6S/c1-4-38-29(36)25-20-10-6-8-12-24(20)40-28(25)31-26(34)27(35)33-32-17(2)18-13-14-22(23(15-18)37-3)39-16-19-9-5-7-11-21(19)30/h5,7,9,11,13-15H,4,6,8,10,12,16H2,1-3H3,(H,31,34)(H,33,35). The van der Waals surface area contributed by atoms with Crippen molar-refractivity contribution in [3.05, 3.63) is 74.6 Å². The second-order valence-electron chi connectivity index (χ2n) is 8.97. The molecule has 0 fully saturated rings. The maximum atomic E-state index is 12.7. The van der Waals surface area contributed by atoms with Crippen LogP contribution < -0.4 is 20.2 Å². The molecule has 1 aromatic heterocycles. The van der Waals surface area contributed by atoms with Crippen molar-refractivity contribution in [3.8, 4) is 11.5 Å². The quantitative estimate of drug-likeness (QED) is 0.148. The van der Waals surface area contributed by atoms with E-state index < -0.39 is 17.8 Å². The zero-order valence-corrected chi connectivity index (χ0v) is 24.0. The van der Waals surface area contributed by atoms with E-state index in [0.717, 1.165) is 41.7 Å². The van der Waals surface area contributed by atoms with Crippen LogP contribution in [0.5, 0.6) is 11.5 Å². The number of nitrogens with one attached hydrogen (secondary N) is 2. The lowest BCUT2D eigenvalue weighted by molar-refractivity contribution is -0.136. The first kappa shape index (κ1) is 29.1. The van der Waals surface area contributed by atoms with Gasteiger partial charge in [-0.2, -0.15) is 5.10 Å². The van der Waals surface area contributed by atoms with Crippen molar-refractivity contribution < 1.29 is 28.6 Å². The summed E-state index contributed by atoms with van der Waals surface area (Å²) in [5, 5.41) is 7.58. The van der Waals surface area contributed by atoms with E-state index in [4.69, 9.17) is 25.8 Å². The molecule has 0 saturated carbocycles. The highest BCUT2D eigenvalue weighted by atomic mass is 35.5. The van der Waals surface area contributed by atoms with Crippen LogP contribution in [0.15, 0.2) is 47.6 Å². The van der Waals surface area contributed by atoms with E-state index in [2.05, 4.69) is 15.8 Å². The molecule has 1 aliphatic carbocycles. The van der Waals surface area contributed by atoms with Crippen LogP contribution in [0.25, 0.3) is 0 Å². The minimum atomic E-state index is -0.966. The predicted molar refractivity (Wildman–Crippen MR) is 155 cm³/mol. The van der Waals surface area contributed by atoms with Crippen LogP contribution in [-0.2, 0) is 33.8 Å². The van der Waals surface area contributed by atoms with E-state index in [0.29, 0.717) is 38.4 Å². The first-order valence-corrected chi connectivity index (χ1v) is 14.0. The lowest BCUT2D eigenvalue weighted by Crippen LogP contribution is -2.33. The van der Waals surface area contributed by atoms with Gasteiger partial charge in [0.2, 0.25) is 0 Å². The van der Waals surface area contributed by atoms with Crippen LogP contribution in [0.3, 0.4) is 0 Å². The first-order valence-electron chi connectivity index (χ1n) is 12.8. The maximum absolute atomic E-state index is 12.7. The van der Waals surface area contributed by atoms with Gasteiger partial charge >= 0.3 is 17.8 Å². The normalized spacial score (nSPS) is 12.8. The number of hydrogen-bond acceptors (Lipinski definition) is 8. The second kappa shape index (κ2) is 13.5. The van der Waals surface area contributed by atoms with Crippen LogP contribution in [0.4, 0.5) is 5.00 Å². The van der Waals surface area contributed by atoms with Crippen molar-refractivity contribution in [3.63, 3.8) is 0 Å². The van der Waals surface area contributed by atoms with Gasteiger partial charge in [-0.3, -0.25) is 9.59 Å². The van der Waals surface area contributed by atoms with Crippen LogP contribution in [0, 0.1) is 0 Å². The number of anilines is 1. The Morgan fingerprint density at radius 1 is 1.05 bits per heavy atom. The summed E-state index contributed by atoms with van der Waals surface area (Å²) in [6, 6.07) is 12.6. The molecule has 0 bridgehead atoms. The van der Waals surface area contributed by atoms with Gasteiger partial charge in [0, 0.05) is 21.0 Å². The Kier molecular flexibility index (Phi) is 9.79. The van der Waals surface area contributed by atoms with Crippen LogP contribution in [0.1, 0.15) is 58.6 Å². The Bertz CT molecular complexity index is 1450. The number of hydrogen-bond donors (Lipinski definition) is 2. The van der Waals surface area contributed by atoms with Gasteiger partial charge in [0.15, 0.2) is 11.5 Å². The number of thiophene rings is 1. The summed E-state index contributed by atoms with van der Waals surface area (Å²) >= 11 is 7.52. The zero-order chi connectivity index (χ0) is 28.6. The van der Waals surface area contributed by atoms with Crippen molar-refractivity contribution in [2.75, 3.05) is 19.0 Å². The molecule has 0 radical (unpaired) electrons. The summed E-state index contributed by atoms with van der Waals surface area (Å²) in [5.74, 6) is -1.41. The molecule has 40 heavy (non-hydrogen) atoms. The monoisotopic (exact) mass is 583 g/mol. The number of ether oxygens (including phenoxy) is 3. The predicted octanol–water partition coefficient (Wildman–Crippen LogP) is 5.52. The number of benzene rings is 2. The molecule has 1 aliphatic rings. The van der Waals surface area contributed by atoms with E-state index in [-0.39, 0.29) is 13.2 Å². The Morgan fingerprint density at radius 3 is 2.58 bits per heavy atom. The molecule has 4 rings (SSSR count). The van der Waals surface area contributed by atoms with Gasteiger partial charge in [0.05, 0.1) is 25.0 Å². The number of aryl methyl sites for hydroxylation is 1. The summed E-state index contributed by atoms with van der Waals surface area (Å²) in [7, 11) is 1.52. The fraction of sp³-hybridized carbons (Fsp3) is 0.310. The summed E-state index contributed by atoms with van der Waals surface area (Å²) in [6.45, 7) is 3.88. The van der Waals surface area contributed by atoms with Gasteiger partial charge in [-0.05, 0) is 69.4 Å². The highest BCUT2D eigenvalue weighted by Gasteiger charge is 2.28. The smallest absolute Gasteiger partial charge is 0.341 e. The highest BCUT2D eigenvalue weighted by molar-refractivity contribution is 7.17. The van der Waals surface area contributed by atoms with E-state index in [1.54, 1.807) is 38.1 Å². The van der Waals surface area contributed by atoms with Crippen LogP contribution in [0.2, 0.25) is 5.02 Å². The third-order valence-corrected chi connectivity index (χ3v) is 7.91. The van der Waals surface area contributed by atoms with Gasteiger partial charge < -0.3 is 19.5 Å².